The Bertz CT molecular complexity index is 956. The van der Waals surface area contributed by atoms with E-state index in [4.69, 9.17) is 4.74 Å². The number of carbonyl (C=O) groups excluding carboxylic acids is 5. The molecule has 0 bridgehead atoms. The van der Waals surface area contributed by atoms with Gasteiger partial charge in [-0.3, -0.25) is 24.1 Å². The van der Waals surface area contributed by atoms with Crippen molar-refractivity contribution < 1.29 is 28.7 Å². The first kappa shape index (κ1) is 20.0. The van der Waals surface area contributed by atoms with Gasteiger partial charge < -0.3 is 10.1 Å². The number of aryl methyl sites for hydroxylation is 1. The number of amides is 3. The van der Waals surface area contributed by atoms with Crippen LogP contribution in [0.5, 0.6) is 0 Å². The first-order valence-electron chi connectivity index (χ1n) is 10.0. The van der Waals surface area contributed by atoms with E-state index in [0.717, 1.165) is 10.5 Å². The Kier molecular flexibility index (Phi) is 5.24. The molecular formula is C22H22N2O6. The van der Waals surface area contributed by atoms with E-state index in [0.29, 0.717) is 36.9 Å². The van der Waals surface area contributed by atoms with Gasteiger partial charge in [0, 0.05) is 17.7 Å². The number of nitrogens with one attached hydrogen (secondary N) is 1. The van der Waals surface area contributed by atoms with E-state index in [1.807, 2.05) is 12.2 Å². The van der Waals surface area contributed by atoms with Gasteiger partial charge in [0.15, 0.2) is 12.4 Å². The van der Waals surface area contributed by atoms with E-state index in [1.54, 1.807) is 18.2 Å². The number of Topliss-reactive ketones (excluding diaryl/α,β-unsaturated/α-hetero) is 1. The van der Waals surface area contributed by atoms with Crippen molar-refractivity contribution in [3.63, 3.8) is 0 Å². The van der Waals surface area contributed by atoms with Gasteiger partial charge in [0.2, 0.25) is 17.7 Å². The maximum absolute atomic E-state index is 12.6. The molecule has 0 radical (unpaired) electrons. The molecule has 1 aromatic rings. The second-order valence-electron chi connectivity index (χ2n) is 7.83. The summed E-state index contributed by atoms with van der Waals surface area (Å²) < 4.78 is 5.12. The number of esters is 1. The quantitative estimate of drug-likeness (QED) is 0.342. The van der Waals surface area contributed by atoms with Gasteiger partial charge in [-0.25, -0.2) is 4.79 Å². The number of fused-ring (bicyclic) bond motifs is 2. The Balaban J connectivity index is 1.37. The number of hydrogen-bond donors (Lipinski definition) is 1. The van der Waals surface area contributed by atoms with E-state index in [9.17, 15) is 24.0 Å². The lowest BCUT2D eigenvalue weighted by molar-refractivity contribution is -0.157. The average molecular weight is 410 g/mol. The average Bonchev–Trinajstić information content (AvgIpc) is 3.01. The highest BCUT2D eigenvalue weighted by Crippen LogP contribution is 2.36. The van der Waals surface area contributed by atoms with Crippen molar-refractivity contribution in [3.8, 4) is 0 Å². The Labute approximate surface area is 173 Å². The van der Waals surface area contributed by atoms with Gasteiger partial charge in [-0.1, -0.05) is 12.2 Å². The van der Waals surface area contributed by atoms with E-state index in [-0.39, 0.29) is 17.7 Å². The van der Waals surface area contributed by atoms with Crippen LogP contribution in [0.1, 0.15) is 42.1 Å². The van der Waals surface area contributed by atoms with Crippen LogP contribution in [0.15, 0.2) is 30.4 Å². The fraction of sp³-hybridized carbons (Fsp3) is 0.409. The Morgan fingerprint density at radius 2 is 1.77 bits per heavy atom. The summed E-state index contributed by atoms with van der Waals surface area (Å²) in [5.74, 6) is -2.81. The molecule has 0 aromatic heterocycles. The maximum Gasteiger partial charge on any atom is 0.329 e. The zero-order valence-corrected chi connectivity index (χ0v) is 16.6. The number of nitrogens with zero attached hydrogens (tertiary/aromatic N) is 1. The Morgan fingerprint density at radius 3 is 2.43 bits per heavy atom. The molecular weight excluding hydrogens is 388 g/mol. The van der Waals surface area contributed by atoms with Crippen molar-refractivity contribution in [2.75, 3.05) is 11.9 Å². The highest BCUT2D eigenvalue weighted by atomic mass is 16.5. The number of ether oxygens (including phenoxy) is 1. The highest BCUT2D eigenvalue weighted by Gasteiger charge is 2.50. The number of benzene rings is 1. The molecule has 3 atom stereocenters. The van der Waals surface area contributed by atoms with Crippen molar-refractivity contribution >= 4 is 35.2 Å². The maximum atomic E-state index is 12.6. The van der Waals surface area contributed by atoms with Crippen LogP contribution in [0.2, 0.25) is 0 Å². The third kappa shape index (κ3) is 3.53. The number of hydrogen-bond acceptors (Lipinski definition) is 6. The number of likely N-dealkylation sites (tertiary alicyclic amines) is 1. The largest absolute Gasteiger partial charge is 0.456 e. The van der Waals surface area contributed by atoms with Crippen LogP contribution >= 0.6 is 0 Å². The minimum Gasteiger partial charge on any atom is -0.456 e. The second kappa shape index (κ2) is 7.85. The topological polar surface area (TPSA) is 110 Å². The van der Waals surface area contributed by atoms with Gasteiger partial charge in [-0.15, -0.1) is 0 Å². The lowest BCUT2D eigenvalue weighted by atomic mass is 9.85. The van der Waals surface area contributed by atoms with Crippen molar-refractivity contribution in [1.82, 2.24) is 4.90 Å². The molecule has 4 rings (SSSR count). The SMILES string of the molecule is C[C@@H](C(=O)OCC(=O)c1ccc2c(c1)CCC(=O)N2)N1C(=O)[C@H]2CC=CC[C@@H]2C1=O. The fourth-order valence-electron chi connectivity index (χ4n) is 4.21. The molecule has 3 aliphatic rings. The smallest absolute Gasteiger partial charge is 0.329 e. The number of carbonyl (C=O) groups is 5. The standard InChI is InChI=1S/C22H22N2O6/c1-12(24-20(27)15-4-2-3-5-16(15)21(24)28)22(29)30-11-18(25)14-6-8-17-13(10-14)7-9-19(26)23-17/h2-3,6,8,10,12,15-16H,4-5,7,9,11H2,1H3,(H,23,26)/t12-,15-,16-/m0/s1. The molecule has 1 aliphatic carbocycles. The van der Waals surface area contributed by atoms with E-state index in [2.05, 4.69) is 5.32 Å². The van der Waals surface area contributed by atoms with Gasteiger partial charge in [-0.05, 0) is 49.9 Å². The van der Waals surface area contributed by atoms with Gasteiger partial charge in [0.25, 0.3) is 0 Å². The molecule has 3 amide bonds. The normalized spacial score (nSPS) is 23.5. The molecule has 2 aliphatic heterocycles. The van der Waals surface area contributed by atoms with Gasteiger partial charge in [-0.2, -0.15) is 0 Å². The van der Waals surface area contributed by atoms with Crippen LogP contribution in [-0.4, -0.2) is 47.0 Å². The van der Waals surface area contributed by atoms with Gasteiger partial charge >= 0.3 is 5.97 Å². The fourth-order valence-corrected chi connectivity index (χ4v) is 4.21. The van der Waals surface area contributed by atoms with Crippen LogP contribution in [-0.2, 0) is 30.3 Å². The van der Waals surface area contributed by atoms with Crippen LogP contribution in [0.25, 0.3) is 0 Å². The first-order chi connectivity index (χ1) is 14.4. The summed E-state index contributed by atoms with van der Waals surface area (Å²) in [6, 6.07) is 3.82. The van der Waals surface area contributed by atoms with E-state index in [1.165, 1.54) is 6.92 Å². The Hall–Kier alpha value is -3.29. The zero-order valence-electron chi connectivity index (χ0n) is 16.6. The summed E-state index contributed by atoms with van der Waals surface area (Å²) in [7, 11) is 0. The molecule has 2 heterocycles. The monoisotopic (exact) mass is 410 g/mol. The molecule has 1 saturated heterocycles. The number of rotatable bonds is 5. The summed E-state index contributed by atoms with van der Waals surface area (Å²) in [6.07, 6.45) is 5.63. The van der Waals surface area contributed by atoms with Gasteiger partial charge in [0.1, 0.15) is 6.04 Å². The second-order valence-corrected chi connectivity index (χ2v) is 7.83. The van der Waals surface area contributed by atoms with Crippen LogP contribution in [0.3, 0.4) is 0 Å². The third-order valence-corrected chi connectivity index (χ3v) is 5.94. The van der Waals surface area contributed by atoms with Crippen LogP contribution < -0.4 is 5.32 Å². The van der Waals surface area contributed by atoms with Crippen molar-refractivity contribution in [3.05, 3.63) is 41.5 Å². The molecule has 0 unspecified atom stereocenters. The van der Waals surface area contributed by atoms with Gasteiger partial charge in [0.05, 0.1) is 11.8 Å². The molecule has 156 valence electrons. The third-order valence-electron chi connectivity index (χ3n) is 5.94. The lowest BCUT2D eigenvalue weighted by Crippen LogP contribution is -2.44. The number of imide groups is 1. The summed E-state index contributed by atoms with van der Waals surface area (Å²) >= 11 is 0. The minimum absolute atomic E-state index is 0.0638. The highest BCUT2D eigenvalue weighted by molar-refractivity contribution is 6.08. The summed E-state index contributed by atoms with van der Waals surface area (Å²) in [5, 5.41) is 2.74. The molecule has 30 heavy (non-hydrogen) atoms. The summed E-state index contributed by atoms with van der Waals surface area (Å²) in [4.78, 5) is 62.5. The lowest BCUT2D eigenvalue weighted by Gasteiger charge is -2.21. The molecule has 8 heteroatoms. The molecule has 0 spiro atoms. The predicted octanol–water partition coefficient (Wildman–Crippen LogP) is 1.64. The predicted molar refractivity (Wildman–Crippen MR) is 105 cm³/mol. The molecule has 1 fully saturated rings. The number of anilines is 1. The van der Waals surface area contributed by atoms with E-state index >= 15 is 0 Å². The molecule has 1 N–H and O–H groups in total. The molecule has 0 saturated carbocycles. The minimum atomic E-state index is -1.08. The summed E-state index contributed by atoms with van der Waals surface area (Å²) in [6.45, 7) is 0.952. The molecule has 1 aromatic carbocycles. The van der Waals surface area contributed by atoms with Crippen molar-refractivity contribution in [1.29, 1.82) is 0 Å². The number of ketones is 1. The molecule has 8 nitrogen and oxygen atoms in total. The van der Waals surface area contributed by atoms with Crippen LogP contribution in [0, 0.1) is 11.8 Å². The van der Waals surface area contributed by atoms with Crippen molar-refractivity contribution in [2.45, 2.75) is 38.6 Å². The van der Waals surface area contributed by atoms with E-state index < -0.39 is 36.2 Å². The van der Waals surface area contributed by atoms with Crippen LogP contribution in [0.4, 0.5) is 5.69 Å². The first-order valence-corrected chi connectivity index (χ1v) is 10.0. The Morgan fingerprint density at radius 1 is 1.10 bits per heavy atom. The number of allylic oxidation sites excluding steroid dienone is 2. The summed E-state index contributed by atoms with van der Waals surface area (Å²) in [5.41, 5.74) is 1.90. The van der Waals surface area contributed by atoms with Crippen molar-refractivity contribution in [2.24, 2.45) is 11.8 Å². The zero-order chi connectivity index (χ0) is 21.4.